The molecular formula is C52H66Cl2N8O2. The lowest BCUT2D eigenvalue weighted by atomic mass is 9.99. The molecule has 8 rings (SSSR count). The molecule has 0 saturated carbocycles. The zero-order chi connectivity index (χ0) is 45.4. The van der Waals surface area contributed by atoms with Crippen LogP contribution in [-0.2, 0) is 13.1 Å². The van der Waals surface area contributed by atoms with Crippen LogP contribution in [0.4, 0.5) is 23.0 Å². The first-order chi connectivity index (χ1) is 30.6. The van der Waals surface area contributed by atoms with Gasteiger partial charge in [-0.15, -0.1) is 0 Å². The second kappa shape index (κ2) is 20.9. The summed E-state index contributed by atoms with van der Waals surface area (Å²) in [7, 11) is 3.40. The highest BCUT2D eigenvalue weighted by Gasteiger charge is 2.26. The molecule has 2 aliphatic rings. The molecule has 2 saturated heterocycles. The molecule has 10 nitrogen and oxygen atoms in total. The van der Waals surface area contributed by atoms with Gasteiger partial charge in [-0.05, 0) is 115 Å². The highest BCUT2D eigenvalue weighted by Crippen LogP contribution is 2.37. The summed E-state index contributed by atoms with van der Waals surface area (Å²) in [6.07, 6.45) is 4.49. The minimum atomic E-state index is 0.141. The van der Waals surface area contributed by atoms with E-state index in [1.54, 1.807) is 14.2 Å². The van der Waals surface area contributed by atoms with Crippen LogP contribution >= 0.6 is 23.2 Å². The fourth-order valence-corrected chi connectivity index (χ4v) is 9.04. The van der Waals surface area contributed by atoms with E-state index in [1.165, 1.54) is 11.4 Å². The molecule has 340 valence electrons. The molecule has 6 aromatic rings. The molecule has 0 radical (unpaired) electrons. The van der Waals surface area contributed by atoms with Gasteiger partial charge in [0.05, 0.1) is 14.2 Å². The Hall–Kier alpha value is -5.00. The van der Waals surface area contributed by atoms with Crippen LogP contribution < -0.4 is 40.5 Å². The van der Waals surface area contributed by atoms with E-state index in [0.717, 1.165) is 118 Å². The van der Waals surface area contributed by atoms with Crippen molar-refractivity contribution in [2.24, 2.45) is 0 Å². The Morgan fingerprint density at radius 3 is 1.23 bits per heavy atom. The molecule has 2 aromatic heterocycles. The lowest BCUT2D eigenvalue weighted by molar-refractivity contribution is 0.317. The van der Waals surface area contributed by atoms with Crippen molar-refractivity contribution in [1.29, 1.82) is 0 Å². The van der Waals surface area contributed by atoms with Crippen molar-refractivity contribution >= 4 is 68.0 Å². The molecule has 2 fully saturated rings. The van der Waals surface area contributed by atoms with Crippen LogP contribution in [0.2, 0.25) is 10.0 Å². The predicted molar refractivity (Wildman–Crippen MR) is 270 cm³/mol. The average molecular weight is 906 g/mol. The molecule has 12 heteroatoms. The zero-order valence-electron chi connectivity index (χ0n) is 38.8. The third kappa shape index (κ3) is 12.6. The number of rotatable bonds is 12. The minimum absolute atomic E-state index is 0.141. The maximum atomic E-state index is 6.02. The third-order valence-electron chi connectivity index (χ3n) is 11.7. The number of pyridine rings is 2. The van der Waals surface area contributed by atoms with Crippen LogP contribution in [-0.4, -0.2) is 73.5 Å². The maximum Gasteiger partial charge on any atom is 0.145 e. The molecular weight excluding hydrogens is 840 g/mol. The first kappa shape index (κ1) is 47.0. The van der Waals surface area contributed by atoms with E-state index in [0.29, 0.717) is 25.2 Å². The van der Waals surface area contributed by atoms with E-state index < -0.39 is 0 Å². The lowest BCUT2D eigenvalue weighted by Crippen LogP contribution is -2.49. The van der Waals surface area contributed by atoms with Gasteiger partial charge in [0.2, 0.25) is 0 Å². The van der Waals surface area contributed by atoms with E-state index in [1.807, 2.05) is 72.8 Å². The number of fused-ring (bicyclic) bond motifs is 2. The quantitative estimate of drug-likeness (QED) is 0.0950. The first-order valence-corrected chi connectivity index (χ1v) is 23.4. The second-order valence-electron chi connectivity index (χ2n) is 19.0. The fourth-order valence-electron chi connectivity index (χ4n) is 8.79. The number of methoxy groups -OCH3 is 2. The summed E-state index contributed by atoms with van der Waals surface area (Å²) in [6.45, 7) is 18.8. The van der Waals surface area contributed by atoms with Gasteiger partial charge in [0.1, 0.15) is 34.2 Å². The number of nitrogens with one attached hydrogen (secondary N) is 4. The molecule has 4 N–H and O–H groups in total. The smallest absolute Gasteiger partial charge is 0.145 e. The van der Waals surface area contributed by atoms with E-state index in [9.17, 15) is 0 Å². The van der Waals surface area contributed by atoms with Crippen molar-refractivity contribution in [3.8, 4) is 11.5 Å². The molecule has 0 aliphatic carbocycles. The maximum absolute atomic E-state index is 6.02. The number of ether oxygens (including phenoxy) is 2. The summed E-state index contributed by atoms with van der Waals surface area (Å²) in [5, 5.41) is 18.3. The number of para-hydroxylation sites is 2. The SMILES string of the molecule is COc1cccc2c(N3CCC(NC(C)(C)C)CC3)cc(NCc3ccc(Cl)cc3)nc12.COc1cccc2c(N3CCC(NC(C)(C)C)CC3)cc(NCc3ccc(Cl)cc3)nc12. The Kier molecular flexibility index (Phi) is 15.3. The largest absolute Gasteiger partial charge is 0.494 e. The van der Waals surface area contributed by atoms with Crippen molar-refractivity contribution < 1.29 is 9.47 Å². The summed E-state index contributed by atoms with van der Waals surface area (Å²) in [5.74, 6) is 3.29. The summed E-state index contributed by atoms with van der Waals surface area (Å²) in [4.78, 5) is 14.8. The molecule has 4 heterocycles. The Labute approximate surface area is 390 Å². The number of piperidine rings is 2. The van der Waals surface area contributed by atoms with Crippen LogP contribution in [0, 0.1) is 0 Å². The normalized spacial score (nSPS) is 15.2. The van der Waals surface area contributed by atoms with Crippen LogP contribution in [0.3, 0.4) is 0 Å². The molecule has 64 heavy (non-hydrogen) atoms. The summed E-state index contributed by atoms with van der Waals surface area (Å²) >= 11 is 12.0. The van der Waals surface area contributed by atoms with Crippen molar-refractivity contribution in [2.45, 2.75) is 103 Å². The van der Waals surface area contributed by atoms with Gasteiger partial charge in [-0.1, -0.05) is 71.7 Å². The number of halogens is 2. The highest BCUT2D eigenvalue weighted by atomic mass is 35.5. The fraction of sp³-hybridized carbons (Fsp3) is 0.423. The number of hydrogen-bond donors (Lipinski definition) is 4. The summed E-state index contributed by atoms with van der Waals surface area (Å²) < 4.78 is 11.3. The van der Waals surface area contributed by atoms with Crippen molar-refractivity contribution in [1.82, 2.24) is 20.6 Å². The number of nitrogens with zero attached hydrogens (tertiary/aromatic N) is 4. The summed E-state index contributed by atoms with van der Waals surface area (Å²) in [6, 6.07) is 33.6. The highest BCUT2D eigenvalue weighted by molar-refractivity contribution is 6.30. The Bertz CT molecular complexity index is 2280. The average Bonchev–Trinajstić information content (AvgIpc) is 3.27. The van der Waals surface area contributed by atoms with Crippen LogP contribution in [0.25, 0.3) is 21.8 Å². The molecule has 0 amide bonds. The van der Waals surface area contributed by atoms with Gasteiger partial charge in [0, 0.05) is 107 Å². The third-order valence-corrected chi connectivity index (χ3v) is 12.2. The van der Waals surface area contributed by atoms with Gasteiger partial charge in [0.15, 0.2) is 0 Å². The van der Waals surface area contributed by atoms with Gasteiger partial charge in [-0.2, -0.15) is 0 Å². The Morgan fingerprint density at radius 1 is 0.547 bits per heavy atom. The molecule has 0 atom stereocenters. The zero-order valence-corrected chi connectivity index (χ0v) is 40.3. The van der Waals surface area contributed by atoms with Gasteiger partial charge in [-0.25, -0.2) is 9.97 Å². The number of anilines is 4. The van der Waals surface area contributed by atoms with Crippen LogP contribution in [0.5, 0.6) is 11.5 Å². The number of benzene rings is 4. The Morgan fingerprint density at radius 2 is 0.906 bits per heavy atom. The predicted octanol–water partition coefficient (Wildman–Crippen LogP) is 11.7. The van der Waals surface area contributed by atoms with Crippen molar-refractivity contribution in [3.63, 3.8) is 0 Å². The lowest BCUT2D eigenvalue weighted by Gasteiger charge is -2.37. The second-order valence-corrected chi connectivity index (χ2v) is 19.9. The van der Waals surface area contributed by atoms with Crippen molar-refractivity contribution in [2.75, 3.05) is 60.8 Å². The number of aromatic nitrogens is 2. The first-order valence-electron chi connectivity index (χ1n) is 22.6. The van der Waals surface area contributed by atoms with Gasteiger partial charge in [0.25, 0.3) is 0 Å². The monoisotopic (exact) mass is 904 g/mol. The molecule has 2 aliphatic heterocycles. The van der Waals surface area contributed by atoms with Gasteiger partial charge < -0.3 is 40.5 Å². The number of hydrogen-bond acceptors (Lipinski definition) is 10. The van der Waals surface area contributed by atoms with E-state index in [4.69, 9.17) is 42.6 Å². The van der Waals surface area contributed by atoms with Gasteiger partial charge in [-0.3, -0.25) is 0 Å². The molecule has 4 aromatic carbocycles. The molecule has 0 bridgehead atoms. The summed E-state index contributed by atoms with van der Waals surface area (Å²) in [5.41, 5.74) is 6.80. The van der Waals surface area contributed by atoms with Crippen LogP contribution in [0.15, 0.2) is 97.1 Å². The van der Waals surface area contributed by atoms with E-state index in [-0.39, 0.29) is 11.1 Å². The molecule has 0 spiro atoms. The Balaban J connectivity index is 0.000000191. The van der Waals surface area contributed by atoms with E-state index in [2.05, 4.69) is 96.9 Å². The topological polar surface area (TPSA) is 98.8 Å². The van der Waals surface area contributed by atoms with Crippen LogP contribution in [0.1, 0.15) is 78.4 Å². The van der Waals surface area contributed by atoms with Crippen molar-refractivity contribution in [3.05, 3.63) is 118 Å². The van der Waals surface area contributed by atoms with E-state index >= 15 is 0 Å². The van der Waals surface area contributed by atoms with Gasteiger partial charge >= 0.3 is 0 Å². The standard InChI is InChI=1S/2C26H33ClN4O/c2*1-26(2,3)30-20-12-14-31(15-13-20)22-16-24(28-17-18-8-10-19(27)11-9-18)29-25-21(22)6-5-7-23(25)32-4/h2*5-11,16,20,30H,12-15,17H2,1-4H3,(H,28,29). The minimum Gasteiger partial charge on any atom is -0.494 e. The molecule has 0 unspecified atom stereocenters.